The number of anilines is 1. The smallest absolute Gasteiger partial charge is 0.340 e. The van der Waals surface area contributed by atoms with E-state index in [1.165, 1.54) is 39.3 Å². The van der Waals surface area contributed by atoms with Crippen LogP contribution in [-0.4, -0.2) is 55.3 Å². The average Bonchev–Trinajstić information content (AvgIpc) is 2.84. The molecule has 196 valence electrons. The first-order chi connectivity index (χ1) is 17.5. The first-order valence-electron chi connectivity index (χ1n) is 11.1. The fourth-order valence-electron chi connectivity index (χ4n) is 3.33. The van der Waals surface area contributed by atoms with E-state index in [2.05, 4.69) is 25.9 Å². The molecule has 1 aliphatic carbocycles. The normalized spacial score (nSPS) is 14.9. The number of carbonyl (C=O) groups is 6. The number of Topliss-reactive ketones (excluding diaryl/α,β-unsaturated/α-hetero) is 2. The monoisotopic (exact) mass is 512 g/mol. The Morgan fingerprint density at radius 1 is 0.973 bits per heavy atom. The van der Waals surface area contributed by atoms with Crippen molar-refractivity contribution < 1.29 is 38.2 Å². The number of ether oxygens (including phenoxy) is 2. The second kappa shape index (κ2) is 12.9. The number of ketones is 2. The first-order valence-corrected chi connectivity index (χ1v) is 11.1. The SMILES string of the molecule is COC(=O)c1ccc(C(=O)OC)c(N/N=C(/C(C)=O)C(=O)NC2=CC=C(NC(=O)CC(C)=O)CC2C)c1. The minimum atomic E-state index is -0.806. The van der Waals surface area contributed by atoms with Crippen molar-refractivity contribution in [1.82, 2.24) is 10.6 Å². The molecular weight excluding hydrogens is 484 g/mol. The summed E-state index contributed by atoms with van der Waals surface area (Å²) in [6.45, 7) is 4.27. The van der Waals surface area contributed by atoms with Crippen LogP contribution in [0, 0.1) is 5.92 Å². The maximum atomic E-state index is 12.9. The van der Waals surface area contributed by atoms with Crippen molar-refractivity contribution in [2.45, 2.75) is 33.6 Å². The van der Waals surface area contributed by atoms with Gasteiger partial charge in [0.25, 0.3) is 5.91 Å². The topological polar surface area (TPSA) is 169 Å². The van der Waals surface area contributed by atoms with E-state index in [9.17, 15) is 28.8 Å². The molecule has 0 saturated heterocycles. The Hall–Kier alpha value is -4.61. The number of esters is 2. The van der Waals surface area contributed by atoms with Crippen LogP contribution in [0.4, 0.5) is 5.69 Å². The molecule has 0 radical (unpaired) electrons. The molecule has 3 N–H and O–H groups in total. The van der Waals surface area contributed by atoms with Gasteiger partial charge in [0.2, 0.25) is 5.91 Å². The van der Waals surface area contributed by atoms with Crippen molar-refractivity contribution in [2.75, 3.05) is 19.6 Å². The molecule has 37 heavy (non-hydrogen) atoms. The molecule has 1 aliphatic rings. The molecule has 0 aromatic heterocycles. The highest BCUT2D eigenvalue weighted by molar-refractivity contribution is 6.65. The van der Waals surface area contributed by atoms with Gasteiger partial charge in [0.05, 0.1) is 37.5 Å². The Morgan fingerprint density at radius 2 is 1.65 bits per heavy atom. The number of allylic oxidation sites excluding steroid dienone is 4. The molecule has 2 amide bonds. The Morgan fingerprint density at radius 3 is 2.22 bits per heavy atom. The zero-order valence-corrected chi connectivity index (χ0v) is 21.1. The van der Waals surface area contributed by atoms with Crippen LogP contribution in [0.5, 0.6) is 0 Å². The summed E-state index contributed by atoms with van der Waals surface area (Å²) >= 11 is 0. The molecule has 12 nitrogen and oxygen atoms in total. The number of rotatable bonds is 10. The van der Waals surface area contributed by atoms with Gasteiger partial charge in [-0.3, -0.25) is 24.6 Å². The van der Waals surface area contributed by atoms with Crippen molar-refractivity contribution in [3.63, 3.8) is 0 Å². The summed E-state index contributed by atoms with van der Waals surface area (Å²) in [5.41, 5.74) is 3.19. The number of hydrogen-bond acceptors (Lipinski definition) is 10. The predicted octanol–water partition coefficient (Wildman–Crippen LogP) is 1.64. The maximum Gasteiger partial charge on any atom is 0.340 e. The number of methoxy groups -OCH3 is 2. The van der Waals surface area contributed by atoms with Crippen LogP contribution in [0.15, 0.2) is 46.8 Å². The fourth-order valence-corrected chi connectivity index (χ4v) is 3.33. The number of hydrazone groups is 1. The van der Waals surface area contributed by atoms with E-state index in [0.717, 1.165) is 6.92 Å². The van der Waals surface area contributed by atoms with E-state index in [1.807, 2.05) is 0 Å². The Labute approximate surface area is 213 Å². The van der Waals surface area contributed by atoms with Crippen molar-refractivity contribution >= 4 is 46.7 Å². The van der Waals surface area contributed by atoms with Gasteiger partial charge in [0.15, 0.2) is 11.5 Å². The number of nitrogens with zero attached hydrogens (tertiary/aromatic N) is 1. The number of benzene rings is 1. The Bertz CT molecular complexity index is 1230. The summed E-state index contributed by atoms with van der Waals surface area (Å²) in [5, 5.41) is 9.17. The predicted molar refractivity (Wildman–Crippen MR) is 132 cm³/mol. The number of carbonyl (C=O) groups excluding carboxylic acids is 6. The standard InChI is InChI=1S/C25H28N4O8/c1-13-10-17(26-21(32)11-14(2)30)7-9-19(13)27-23(33)22(15(3)31)29-28-20-12-16(24(34)36-4)6-8-18(20)25(35)37-5/h6-9,12-13,28H,10-11H2,1-5H3,(H,26,32)(H,27,33)/b29-22-. The largest absolute Gasteiger partial charge is 0.465 e. The van der Waals surface area contributed by atoms with Crippen molar-refractivity contribution in [3.05, 3.63) is 52.9 Å². The highest BCUT2D eigenvalue weighted by Crippen LogP contribution is 2.22. The highest BCUT2D eigenvalue weighted by Gasteiger charge is 2.23. The minimum Gasteiger partial charge on any atom is -0.465 e. The molecular formula is C25H28N4O8. The molecule has 1 aromatic rings. The van der Waals surface area contributed by atoms with E-state index in [4.69, 9.17) is 4.74 Å². The van der Waals surface area contributed by atoms with Gasteiger partial charge in [-0.1, -0.05) is 6.92 Å². The maximum absolute atomic E-state index is 12.9. The van der Waals surface area contributed by atoms with E-state index in [0.29, 0.717) is 17.8 Å². The van der Waals surface area contributed by atoms with Crippen LogP contribution in [0.25, 0.3) is 0 Å². The second-order valence-electron chi connectivity index (χ2n) is 8.17. The molecule has 0 bridgehead atoms. The van der Waals surface area contributed by atoms with Crippen LogP contribution >= 0.6 is 0 Å². The van der Waals surface area contributed by atoms with Gasteiger partial charge in [-0.15, -0.1) is 0 Å². The summed E-state index contributed by atoms with van der Waals surface area (Å²) in [6.07, 6.45) is 3.32. The summed E-state index contributed by atoms with van der Waals surface area (Å²) in [4.78, 5) is 72.0. The molecule has 0 heterocycles. The number of nitrogens with one attached hydrogen (secondary N) is 3. The first kappa shape index (κ1) is 28.6. The van der Waals surface area contributed by atoms with Gasteiger partial charge in [-0.05, 0) is 43.7 Å². The average molecular weight is 513 g/mol. The summed E-state index contributed by atoms with van der Waals surface area (Å²) < 4.78 is 9.40. The molecule has 0 aliphatic heterocycles. The van der Waals surface area contributed by atoms with Crippen molar-refractivity contribution in [1.29, 1.82) is 0 Å². The second-order valence-corrected chi connectivity index (χ2v) is 8.17. The van der Waals surface area contributed by atoms with Gasteiger partial charge >= 0.3 is 11.9 Å². The molecule has 1 atom stereocenters. The van der Waals surface area contributed by atoms with Crippen LogP contribution in [-0.2, 0) is 28.7 Å². The third kappa shape index (κ3) is 7.95. The lowest BCUT2D eigenvalue weighted by Gasteiger charge is -2.22. The van der Waals surface area contributed by atoms with E-state index < -0.39 is 35.2 Å². The molecule has 2 rings (SSSR count). The lowest BCUT2D eigenvalue weighted by molar-refractivity contribution is -0.127. The van der Waals surface area contributed by atoms with Gasteiger partial charge in [-0.2, -0.15) is 5.10 Å². The van der Waals surface area contributed by atoms with Crippen LogP contribution in [0.3, 0.4) is 0 Å². The Kier molecular flexibility index (Phi) is 9.99. The zero-order chi connectivity index (χ0) is 27.7. The fraction of sp³-hybridized carbons (Fsp3) is 0.320. The van der Waals surface area contributed by atoms with Crippen LogP contribution in [0.2, 0.25) is 0 Å². The van der Waals surface area contributed by atoms with Crippen LogP contribution in [0.1, 0.15) is 54.3 Å². The van der Waals surface area contributed by atoms with Gasteiger partial charge < -0.3 is 20.1 Å². The zero-order valence-electron chi connectivity index (χ0n) is 21.1. The lowest BCUT2D eigenvalue weighted by atomic mass is 9.96. The Balaban J connectivity index is 2.26. The van der Waals surface area contributed by atoms with Gasteiger partial charge in [-0.25, -0.2) is 9.59 Å². The summed E-state index contributed by atoms with van der Waals surface area (Å²) in [7, 11) is 2.37. The molecule has 1 aromatic carbocycles. The van der Waals surface area contributed by atoms with Gasteiger partial charge in [0, 0.05) is 24.2 Å². The van der Waals surface area contributed by atoms with Gasteiger partial charge in [0.1, 0.15) is 5.78 Å². The van der Waals surface area contributed by atoms with E-state index in [1.54, 1.807) is 19.1 Å². The van der Waals surface area contributed by atoms with Crippen molar-refractivity contribution in [2.24, 2.45) is 11.0 Å². The minimum absolute atomic E-state index is 0.00955. The third-order valence-electron chi connectivity index (χ3n) is 5.17. The third-order valence-corrected chi connectivity index (χ3v) is 5.17. The molecule has 0 spiro atoms. The summed E-state index contributed by atoms with van der Waals surface area (Å²) in [5.74, 6) is -3.79. The quantitative estimate of drug-likeness (QED) is 0.182. The van der Waals surface area contributed by atoms with Crippen molar-refractivity contribution in [3.8, 4) is 0 Å². The molecule has 0 saturated carbocycles. The highest BCUT2D eigenvalue weighted by atomic mass is 16.5. The number of amides is 2. The number of hydrogen-bond donors (Lipinski definition) is 3. The molecule has 12 heteroatoms. The lowest BCUT2D eigenvalue weighted by Crippen LogP contribution is -2.37. The van der Waals surface area contributed by atoms with E-state index >= 15 is 0 Å². The molecule has 1 unspecified atom stereocenters. The van der Waals surface area contributed by atoms with E-state index in [-0.39, 0.29) is 34.9 Å². The molecule has 0 fully saturated rings. The summed E-state index contributed by atoms with van der Waals surface area (Å²) in [6, 6.07) is 3.94. The van der Waals surface area contributed by atoms with Crippen LogP contribution < -0.4 is 16.1 Å².